The lowest BCUT2D eigenvalue weighted by molar-refractivity contribution is -0.138. The van der Waals surface area contributed by atoms with Crippen molar-refractivity contribution in [2.75, 3.05) is 32.7 Å². The van der Waals surface area contributed by atoms with Crippen molar-refractivity contribution in [3.05, 3.63) is 35.9 Å². The molecule has 0 bridgehead atoms. The van der Waals surface area contributed by atoms with Crippen molar-refractivity contribution in [3.63, 3.8) is 0 Å². The predicted octanol–water partition coefficient (Wildman–Crippen LogP) is 0.987. The molecule has 25 heavy (non-hydrogen) atoms. The van der Waals surface area contributed by atoms with E-state index in [1.807, 2.05) is 18.2 Å². The molecule has 1 heterocycles. The first-order chi connectivity index (χ1) is 12.1. The molecule has 1 saturated carbocycles. The highest BCUT2D eigenvalue weighted by Gasteiger charge is 2.43. The lowest BCUT2D eigenvalue weighted by atomic mass is 10.1. The van der Waals surface area contributed by atoms with Gasteiger partial charge in [0.1, 0.15) is 0 Å². The molecule has 0 radical (unpaired) electrons. The summed E-state index contributed by atoms with van der Waals surface area (Å²) < 4.78 is 0. The highest BCUT2D eigenvalue weighted by molar-refractivity contribution is 5.84. The fourth-order valence-corrected chi connectivity index (χ4v) is 3.41. The molecule has 1 saturated heterocycles. The summed E-state index contributed by atoms with van der Waals surface area (Å²) in [5.74, 6) is 0.492. The summed E-state index contributed by atoms with van der Waals surface area (Å²) in [5, 5.41) is 2.89. The number of rotatable bonds is 5. The zero-order valence-electron chi connectivity index (χ0n) is 14.6. The molecule has 1 aliphatic heterocycles. The van der Waals surface area contributed by atoms with Crippen LogP contribution in [-0.4, -0.2) is 60.2 Å². The van der Waals surface area contributed by atoms with E-state index >= 15 is 0 Å². The molecule has 2 aliphatic rings. The van der Waals surface area contributed by atoms with Gasteiger partial charge in [0.2, 0.25) is 17.7 Å². The second-order valence-corrected chi connectivity index (χ2v) is 6.79. The number of amides is 3. The van der Waals surface area contributed by atoms with Crippen molar-refractivity contribution < 1.29 is 14.4 Å². The molecule has 0 aromatic heterocycles. The molecule has 3 amide bonds. The van der Waals surface area contributed by atoms with E-state index < -0.39 is 0 Å². The van der Waals surface area contributed by atoms with Gasteiger partial charge in [0, 0.05) is 52.0 Å². The molecular formula is C19H25N3O3. The molecule has 6 nitrogen and oxygen atoms in total. The van der Waals surface area contributed by atoms with Gasteiger partial charge in [0.15, 0.2) is 0 Å². The third-order valence-corrected chi connectivity index (χ3v) is 5.07. The fraction of sp³-hybridized carbons (Fsp3) is 0.526. The Bertz CT molecular complexity index is 639. The molecule has 2 fully saturated rings. The SMILES string of the molecule is CC(=O)N1CCN(C(=O)CCNC(=O)[C@H]2C[C@H]2c2ccccc2)CC1. The van der Waals surface area contributed by atoms with Crippen LogP contribution in [0.4, 0.5) is 0 Å². The van der Waals surface area contributed by atoms with Crippen LogP contribution < -0.4 is 5.32 Å². The van der Waals surface area contributed by atoms with Gasteiger partial charge >= 0.3 is 0 Å². The van der Waals surface area contributed by atoms with Crippen LogP contribution in [0.2, 0.25) is 0 Å². The second-order valence-electron chi connectivity index (χ2n) is 6.79. The standard InChI is InChI=1S/C19H25N3O3/c1-14(23)21-9-11-22(12-10-21)18(24)7-8-20-19(25)17-13-16(17)15-5-3-2-4-6-15/h2-6,16-17H,7-13H2,1H3,(H,20,25)/t16-,17-/m0/s1. The number of carbonyl (C=O) groups is 3. The Balaban J connectivity index is 1.35. The van der Waals surface area contributed by atoms with Gasteiger partial charge in [-0.2, -0.15) is 0 Å². The lowest BCUT2D eigenvalue weighted by Crippen LogP contribution is -2.50. The summed E-state index contributed by atoms with van der Waals surface area (Å²) in [4.78, 5) is 39.2. The minimum absolute atomic E-state index is 0.0385. The van der Waals surface area contributed by atoms with E-state index in [0.29, 0.717) is 45.1 Å². The third-order valence-electron chi connectivity index (χ3n) is 5.07. The van der Waals surface area contributed by atoms with Gasteiger partial charge < -0.3 is 15.1 Å². The van der Waals surface area contributed by atoms with E-state index in [0.717, 1.165) is 6.42 Å². The largest absolute Gasteiger partial charge is 0.355 e. The topological polar surface area (TPSA) is 69.7 Å². The highest BCUT2D eigenvalue weighted by Crippen LogP contribution is 2.47. The Hall–Kier alpha value is -2.37. The van der Waals surface area contributed by atoms with Gasteiger partial charge in [-0.25, -0.2) is 0 Å². The molecule has 1 aromatic rings. The maximum atomic E-state index is 12.2. The van der Waals surface area contributed by atoms with E-state index in [9.17, 15) is 14.4 Å². The average Bonchev–Trinajstić information content (AvgIpc) is 3.43. The molecule has 134 valence electrons. The number of benzene rings is 1. The van der Waals surface area contributed by atoms with Gasteiger partial charge in [-0.1, -0.05) is 30.3 Å². The molecule has 3 rings (SSSR count). The third kappa shape index (κ3) is 4.38. The van der Waals surface area contributed by atoms with Crippen molar-refractivity contribution >= 4 is 17.7 Å². The minimum Gasteiger partial charge on any atom is -0.355 e. The highest BCUT2D eigenvalue weighted by atomic mass is 16.2. The molecule has 1 aromatic carbocycles. The Morgan fingerprint density at radius 1 is 1.04 bits per heavy atom. The van der Waals surface area contributed by atoms with Crippen LogP contribution >= 0.6 is 0 Å². The summed E-state index contributed by atoms with van der Waals surface area (Å²) in [6.45, 7) is 4.26. The zero-order chi connectivity index (χ0) is 17.8. The monoisotopic (exact) mass is 343 g/mol. The van der Waals surface area contributed by atoms with Gasteiger partial charge in [0.25, 0.3) is 0 Å². The second kappa shape index (κ2) is 7.68. The predicted molar refractivity (Wildman–Crippen MR) is 93.8 cm³/mol. The minimum atomic E-state index is 0.0385. The maximum absolute atomic E-state index is 12.2. The number of carbonyl (C=O) groups excluding carboxylic acids is 3. The van der Waals surface area contributed by atoms with Gasteiger partial charge in [-0.15, -0.1) is 0 Å². The maximum Gasteiger partial charge on any atom is 0.224 e. The number of hydrogen-bond acceptors (Lipinski definition) is 3. The van der Waals surface area contributed by atoms with E-state index in [4.69, 9.17) is 0 Å². The number of nitrogens with zero attached hydrogens (tertiary/aromatic N) is 2. The smallest absolute Gasteiger partial charge is 0.224 e. The summed E-state index contributed by atoms with van der Waals surface area (Å²) in [6.07, 6.45) is 1.20. The van der Waals surface area contributed by atoms with Gasteiger partial charge in [-0.05, 0) is 17.9 Å². The van der Waals surface area contributed by atoms with Crippen molar-refractivity contribution in [1.82, 2.24) is 15.1 Å². The molecule has 1 N–H and O–H groups in total. The Morgan fingerprint density at radius 2 is 1.68 bits per heavy atom. The van der Waals surface area contributed by atoms with Gasteiger partial charge in [-0.3, -0.25) is 14.4 Å². The average molecular weight is 343 g/mol. The Labute approximate surface area is 148 Å². The first kappa shape index (κ1) is 17.5. The fourth-order valence-electron chi connectivity index (χ4n) is 3.41. The normalized spacial score (nSPS) is 22.4. The van der Waals surface area contributed by atoms with Crippen molar-refractivity contribution in [1.29, 1.82) is 0 Å². The van der Waals surface area contributed by atoms with Crippen molar-refractivity contribution in [2.45, 2.75) is 25.7 Å². The molecular weight excluding hydrogens is 318 g/mol. The summed E-state index contributed by atoms with van der Waals surface area (Å²) in [6, 6.07) is 10.1. The zero-order valence-corrected chi connectivity index (χ0v) is 14.6. The van der Waals surface area contributed by atoms with Crippen LogP contribution in [0.25, 0.3) is 0 Å². The number of piperazine rings is 1. The first-order valence-electron chi connectivity index (χ1n) is 8.92. The van der Waals surface area contributed by atoms with Crippen molar-refractivity contribution in [3.8, 4) is 0 Å². The van der Waals surface area contributed by atoms with Crippen LogP contribution in [0.1, 0.15) is 31.2 Å². The van der Waals surface area contributed by atoms with Crippen LogP contribution in [-0.2, 0) is 14.4 Å². The van der Waals surface area contributed by atoms with Crippen LogP contribution in [0, 0.1) is 5.92 Å². The van der Waals surface area contributed by atoms with E-state index in [-0.39, 0.29) is 23.6 Å². The first-order valence-corrected chi connectivity index (χ1v) is 8.92. The number of nitrogens with one attached hydrogen (secondary N) is 1. The van der Waals surface area contributed by atoms with E-state index in [2.05, 4.69) is 17.4 Å². The van der Waals surface area contributed by atoms with E-state index in [1.54, 1.807) is 16.7 Å². The summed E-state index contributed by atoms with van der Waals surface area (Å²) in [7, 11) is 0. The van der Waals surface area contributed by atoms with Crippen molar-refractivity contribution in [2.24, 2.45) is 5.92 Å². The van der Waals surface area contributed by atoms with E-state index in [1.165, 1.54) is 5.56 Å². The summed E-state index contributed by atoms with van der Waals surface area (Å²) >= 11 is 0. The molecule has 6 heteroatoms. The van der Waals surface area contributed by atoms with Gasteiger partial charge in [0.05, 0.1) is 0 Å². The quantitative estimate of drug-likeness (QED) is 0.867. The molecule has 1 aliphatic carbocycles. The summed E-state index contributed by atoms with van der Waals surface area (Å²) in [5.41, 5.74) is 1.21. The van der Waals surface area contributed by atoms with Crippen LogP contribution in [0.3, 0.4) is 0 Å². The van der Waals surface area contributed by atoms with Crippen LogP contribution in [0.5, 0.6) is 0 Å². The lowest BCUT2D eigenvalue weighted by Gasteiger charge is -2.34. The molecule has 0 spiro atoms. The van der Waals surface area contributed by atoms with Crippen LogP contribution in [0.15, 0.2) is 30.3 Å². The number of hydrogen-bond donors (Lipinski definition) is 1. The molecule has 0 unspecified atom stereocenters. The Morgan fingerprint density at radius 3 is 2.32 bits per heavy atom. The molecule has 2 atom stereocenters. The Kier molecular flexibility index (Phi) is 5.36.